The van der Waals surface area contributed by atoms with Gasteiger partial charge in [0.25, 0.3) is 0 Å². The molecule has 3 heteroatoms. The molecule has 0 bridgehead atoms. The van der Waals surface area contributed by atoms with Crippen LogP contribution in [0, 0.1) is 0 Å². The Bertz CT molecular complexity index is 126. The highest BCUT2D eigenvalue weighted by Crippen LogP contribution is 2.07. The van der Waals surface area contributed by atoms with Gasteiger partial charge in [-0.1, -0.05) is 38.3 Å². The first-order valence-corrected chi connectivity index (χ1v) is 4.97. The van der Waals surface area contributed by atoms with Crippen LogP contribution in [0.1, 0.15) is 46.0 Å². The first kappa shape index (κ1) is 11.8. The molecule has 0 amide bonds. The molecule has 2 nitrogen and oxygen atoms in total. The number of halogens is 1. The standard InChI is InChI=1S/C9H17ClO2/c1-3-5-6-7-9(11)12-8(10)4-2/h8H,3-7H2,1-2H3. The summed E-state index contributed by atoms with van der Waals surface area (Å²) in [4.78, 5) is 11.0. The van der Waals surface area contributed by atoms with Gasteiger partial charge in [0.05, 0.1) is 0 Å². The van der Waals surface area contributed by atoms with Gasteiger partial charge < -0.3 is 4.74 Å². The van der Waals surface area contributed by atoms with Crippen molar-refractivity contribution in [3.63, 3.8) is 0 Å². The minimum absolute atomic E-state index is 0.176. The number of carbonyl (C=O) groups is 1. The molecule has 0 spiro atoms. The largest absolute Gasteiger partial charge is 0.446 e. The lowest BCUT2D eigenvalue weighted by atomic mass is 10.2. The average Bonchev–Trinajstić information content (AvgIpc) is 2.05. The van der Waals surface area contributed by atoms with Crippen LogP contribution in [0.3, 0.4) is 0 Å². The Morgan fingerprint density at radius 1 is 1.42 bits per heavy atom. The fraction of sp³-hybridized carbons (Fsp3) is 0.889. The molecular formula is C9H17ClO2. The summed E-state index contributed by atoms with van der Waals surface area (Å²) in [5, 5.41) is 0. The molecule has 72 valence electrons. The molecule has 0 aromatic carbocycles. The van der Waals surface area contributed by atoms with E-state index in [-0.39, 0.29) is 5.97 Å². The molecular weight excluding hydrogens is 176 g/mol. The maximum absolute atomic E-state index is 11.0. The molecule has 0 aliphatic rings. The molecule has 0 aromatic heterocycles. The van der Waals surface area contributed by atoms with Crippen LogP contribution in [-0.2, 0) is 9.53 Å². The van der Waals surface area contributed by atoms with Gasteiger partial charge in [-0.05, 0) is 12.8 Å². The summed E-state index contributed by atoms with van der Waals surface area (Å²) in [6, 6.07) is 0. The number of hydrogen-bond acceptors (Lipinski definition) is 2. The average molecular weight is 193 g/mol. The van der Waals surface area contributed by atoms with Gasteiger partial charge in [-0.3, -0.25) is 4.79 Å². The Balaban J connectivity index is 3.33. The third kappa shape index (κ3) is 6.47. The number of alkyl halides is 1. The highest BCUT2D eigenvalue weighted by Gasteiger charge is 2.07. The summed E-state index contributed by atoms with van der Waals surface area (Å²) in [7, 11) is 0. The first-order valence-electron chi connectivity index (χ1n) is 4.54. The molecule has 0 aromatic rings. The van der Waals surface area contributed by atoms with Crippen LogP contribution in [0.2, 0.25) is 0 Å². The molecule has 0 aliphatic carbocycles. The van der Waals surface area contributed by atoms with Gasteiger partial charge in [-0.2, -0.15) is 0 Å². The Labute approximate surface area is 79.2 Å². The van der Waals surface area contributed by atoms with Crippen molar-refractivity contribution in [2.24, 2.45) is 0 Å². The molecule has 0 N–H and O–H groups in total. The fourth-order valence-corrected chi connectivity index (χ4v) is 0.904. The third-order valence-corrected chi connectivity index (χ3v) is 1.96. The molecule has 12 heavy (non-hydrogen) atoms. The lowest BCUT2D eigenvalue weighted by Gasteiger charge is -2.07. The van der Waals surface area contributed by atoms with Gasteiger partial charge in [0.1, 0.15) is 0 Å². The minimum atomic E-state index is -0.445. The van der Waals surface area contributed by atoms with E-state index in [1.165, 1.54) is 0 Å². The van der Waals surface area contributed by atoms with E-state index in [1.807, 2.05) is 6.92 Å². The second kappa shape index (κ2) is 7.41. The lowest BCUT2D eigenvalue weighted by Crippen LogP contribution is -2.11. The zero-order valence-corrected chi connectivity index (χ0v) is 8.56. The van der Waals surface area contributed by atoms with Crippen LogP contribution in [0.25, 0.3) is 0 Å². The van der Waals surface area contributed by atoms with Crippen LogP contribution < -0.4 is 0 Å². The van der Waals surface area contributed by atoms with Gasteiger partial charge in [0, 0.05) is 6.42 Å². The Morgan fingerprint density at radius 2 is 2.08 bits per heavy atom. The van der Waals surface area contributed by atoms with E-state index < -0.39 is 5.56 Å². The smallest absolute Gasteiger partial charge is 0.307 e. The SMILES string of the molecule is CCCCCC(=O)OC(Cl)CC. The normalized spacial score (nSPS) is 12.6. The van der Waals surface area contributed by atoms with Crippen LogP contribution in [0.4, 0.5) is 0 Å². The van der Waals surface area contributed by atoms with Gasteiger partial charge in [0.2, 0.25) is 0 Å². The van der Waals surface area contributed by atoms with Crippen LogP contribution >= 0.6 is 11.6 Å². The maximum atomic E-state index is 11.0. The monoisotopic (exact) mass is 192 g/mol. The Morgan fingerprint density at radius 3 is 2.58 bits per heavy atom. The van der Waals surface area contributed by atoms with Crippen LogP contribution in [0.5, 0.6) is 0 Å². The summed E-state index contributed by atoms with van der Waals surface area (Å²) >= 11 is 5.63. The summed E-state index contributed by atoms with van der Waals surface area (Å²) in [5.41, 5.74) is -0.445. The summed E-state index contributed by atoms with van der Waals surface area (Å²) < 4.78 is 4.87. The number of rotatable bonds is 6. The maximum Gasteiger partial charge on any atom is 0.307 e. The number of esters is 1. The summed E-state index contributed by atoms with van der Waals surface area (Å²) in [5.74, 6) is -0.176. The number of hydrogen-bond donors (Lipinski definition) is 0. The first-order chi connectivity index (χ1) is 5.70. The molecule has 0 saturated heterocycles. The molecule has 0 radical (unpaired) electrons. The van der Waals surface area contributed by atoms with Crippen molar-refractivity contribution < 1.29 is 9.53 Å². The van der Waals surface area contributed by atoms with Crippen molar-refractivity contribution in [2.45, 2.75) is 51.5 Å². The van der Waals surface area contributed by atoms with Crippen molar-refractivity contribution in [2.75, 3.05) is 0 Å². The predicted molar refractivity (Wildman–Crippen MR) is 50.2 cm³/mol. The van der Waals surface area contributed by atoms with E-state index in [9.17, 15) is 4.79 Å². The lowest BCUT2D eigenvalue weighted by molar-refractivity contribution is -0.145. The fourth-order valence-electron chi connectivity index (χ4n) is 0.804. The van der Waals surface area contributed by atoms with Crippen molar-refractivity contribution in [3.05, 3.63) is 0 Å². The number of ether oxygens (including phenoxy) is 1. The van der Waals surface area contributed by atoms with Gasteiger partial charge in [0.15, 0.2) is 5.56 Å². The minimum Gasteiger partial charge on any atom is -0.446 e. The number of unbranched alkanes of at least 4 members (excludes halogenated alkanes) is 2. The zero-order chi connectivity index (χ0) is 9.40. The summed E-state index contributed by atoms with van der Waals surface area (Å²) in [6.45, 7) is 3.98. The zero-order valence-electron chi connectivity index (χ0n) is 7.81. The van der Waals surface area contributed by atoms with Crippen molar-refractivity contribution in [3.8, 4) is 0 Å². The second-order valence-corrected chi connectivity index (χ2v) is 3.25. The molecule has 0 aliphatic heterocycles. The molecule has 0 fully saturated rings. The third-order valence-electron chi connectivity index (χ3n) is 1.56. The predicted octanol–water partition coefficient (Wildman–Crippen LogP) is 3.08. The Hall–Kier alpha value is -0.240. The molecule has 1 unspecified atom stereocenters. The van der Waals surface area contributed by atoms with E-state index in [4.69, 9.17) is 16.3 Å². The van der Waals surface area contributed by atoms with E-state index in [2.05, 4.69) is 6.92 Å². The molecule has 1 atom stereocenters. The van der Waals surface area contributed by atoms with Gasteiger partial charge in [-0.15, -0.1) is 0 Å². The second-order valence-electron chi connectivity index (χ2n) is 2.77. The van der Waals surface area contributed by atoms with Gasteiger partial charge in [-0.25, -0.2) is 0 Å². The van der Waals surface area contributed by atoms with Crippen molar-refractivity contribution in [1.82, 2.24) is 0 Å². The van der Waals surface area contributed by atoms with Crippen molar-refractivity contribution >= 4 is 17.6 Å². The van der Waals surface area contributed by atoms with E-state index >= 15 is 0 Å². The summed E-state index contributed by atoms with van der Waals surface area (Å²) in [6.07, 6.45) is 4.26. The molecule has 0 rings (SSSR count). The quantitative estimate of drug-likeness (QED) is 0.367. The van der Waals surface area contributed by atoms with Crippen LogP contribution in [0.15, 0.2) is 0 Å². The van der Waals surface area contributed by atoms with Crippen molar-refractivity contribution in [1.29, 1.82) is 0 Å². The van der Waals surface area contributed by atoms with Crippen LogP contribution in [-0.4, -0.2) is 11.5 Å². The van der Waals surface area contributed by atoms with Gasteiger partial charge >= 0.3 is 5.97 Å². The Kier molecular flexibility index (Phi) is 7.26. The highest BCUT2D eigenvalue weighted by atomic mass is 35.5. The highest BCUT2D eigenvalue weighted by molar-refractivity contribution is 6.20. The van der Waals surface area contributed by atoms with E-state index in [1.54, 1.807) is 0 Å². The number of carbonyl (C=O) groups excluding carboxylic acids is 1. The topological polar surface area (TPSA) is 26.3 Å². The molecule has 0 heterocycles. The van der Waals surface area contributed by atoms with E-state index in [0.29, 0.717) is 12.8 Å². The van der Waals surface area contributed by atoms with E-state index in [0.717, 1.165) is 19.3 Å². The molecule has 0 saturated carbocycles.